The largest absolute Gasteiger partial charge is 0.317 e. The average molecular weight is 381 g/mol. The molecule has 22 heavy (non-hydrogen) atoms. The van der Waals surface area contributed by atoms with Crippen LogP contribution >= 0.6 is 27.7 Å². The molecule has 1 aliphatic heterocycles. The molecule has 0 saturated heterocycles. The first-order valence-corrected chi connectivity index (χ1v) is 8.24. The number of nitrogens with zero attached hydrogens (tertiary/aromatic N) is 4. The van der Waals surface area contributed by atoms with Crippen molar-refractivity contribution in [1.82, 2.24) is 30.2 Å². The van der Waals surface area contributed by atoms with Crippen molar-refractivity contribution >= 4 is 38.7 Å². The Balaban J connectivity index is 1.98. The number of hydrogen-bond donors (Lipinski definition) is 2. The molecule has 10 heteroatoms. The van der Waals surface area contributed by atoms with Gasteiger partial charge in [-0.1, -0.05) is 21.1 Å². The van der Waals surface area contributed by atoms with Gasteiger partial charge in [-0.25, -0.2) is 0 Å². The van der Waals surface area contributed by atoms with Crippen LogP contribution in [0.4, 0.5) is 0 Å². The van der Waals surface area contributed by atoms with Crippen LogP contribution in [0.3, 0.4) is 0 Å². The SMILES string of the molecule is O=c1[nH]c2cc(Br)cc3c2n(c1=O)C(Cc1nn[nH]n1)CS3. The number of thioether (sulfide) groups is 1. The van der Waals surface area contributed by atoms with E-state index in [1.165, 1.54) is 0 Å². The van der Waals surface area contributed by atoms with Crippen molar-refractivity contribution in [3.63, 3.8) is 0 Å². The predicted octanol–water partition coefficient (Wildman–Crippen LogP) is 0.855. The van der Waals surface area contributed by atoms with Crippen molar-refractivity contribution < 1.29 is 0 Å². The fourth-order valence-electron chi connectivity index (χ4n) is 2.65. The highest BCUT2D eigenvalue weighted by molar-refractivity contribution is 9.10. The van der Waals surface area contributed by atoms with Gasteiger partial charge in [-0.15, -0.1) is 22.0 Å². The zero-order valence-electron chi connectivity index (χ0n) is 11.0. The lowest BCUT2D eigenvalue weighted by molar-refractivity contribution is 0.528. The number of tetrazole rings is 1. The average Bonchev–Trinajstić information content (AvgIpc) is 2.98. The first-order chi connectivity index (χ1) is 10.6. The normalized spacial score (nSPS) is 17.0. The van der Waals surface area contributed by atoms with Crippen molar-refractivity contribution in [3.05, 3.63) is 43.1 Å². The van der Waals surface area contributed by atoms with E-state index in [0.29, 0.717) is 23.5 Å². The Bertz CT molecular complexity index is 980. The van der Waals surface area contributed by atoms with Crippen LogP contribution in [0.1, 0.15) is 11.9 Å². The second-order valence-electron chi connectivity index (χ2n) is 4.93. The van der Waals surface area contributed by atoms with Crippen molar-refractivity contribution in [1.29, 1.82) is 0 Å². The summed E-state index contributed by atoms with van der Waals surface area (Å²) in [6, 6.07) is 3.56. The summed E-state index contributed by atoms with van der Waals surface area (Å²) in [5.41, 5.74) is 0.211. The zero-order chi connectivity index (χ0) is 15.3. The summed E-state index contributed by atoms with van der Waals surface area (Å²) >= 11 is 5.07. The van der Waals surface area contributed by atoms with Gasteiger partial charge < -0.3 is 4.98 Å². The Hall–Kier alpha value is -1.94. The van der Waals surface area contributed by atoms with Gasteiger partial charge in [-0.05, 0) is 12.1 Å². The number of benzene rings is 1. The summed E-state index contributed by atoms with van der Waals surface area (Å²) in [5.74, 6) is 1.18. The molecule has 1 aromatic carbocycles. The minimum atomic E-state index is -0.624. The molecular formula is C12H9BrN6O2S. The lowest BCUT2D eigenvalue weighted by Crippen LogP contribution is -2.41. The molecule has 1 atom stereocenters. The van der Waals surface area contributed by atoms with Crippen molar-refractivity contribution in [3.8, 4) is 0 Å². The Labute approximate surface area is 135 Å². The van der Waals surface area contributed by atoms with Crippen molar-refractivity contribution in [2.45, 2.75) is 17.4 Å². The molecule has 3 aromatic rings. The summed E-state index contributed by atoms with van der Waals surface area (Å²) in [4.78, 5) is 27.9. The molecule has 2 N–H and O–H groups in total. The van der Waals surface area contributed by atoms with E-state index in [1.54, 1.807) is 22.4 Å². The highest BCUT2D eigenvalue weighted by Gasteiger charge is 2.26. The molecule has 1 unspecified atom stereocenters. The highest BCUT2D eigenvalue weighted by atomic mass is 79.9. The van der Waals surface area contributed by atoms with Gasteiger partial charge >= 0.3 is 11.1 Å². The van der Waals surface area contributed by atoms with Crippen LogP contribution in [-0.4, -0.2) is 35.9 Å². The zero-order valence-corrected chi connectivity index (χ0v) is 13.4. The number of aromatic amines is 2. The Morgan fingerprint density at radius 2 is 2.27 bits per heavy atom. The molecule has 112 valence electrons. The third kappa shape index (κ3) is 2.10. The van der Waals surface area contributed by atoms with Gasteiger partial charge in [-0.3, -0.25) is 14.2 Å². The number of rotatable bonds is 2. The second kappa shape index (κ2) is 5.06. The maximum Gasteiger partial charge on any atom is 0.317 e. The third-order valence-electron chi connectivity index (χ3n) is 3.55. The van der Waals surface area contributed by atoms with Gasteiger partial charge in [0, 0.05) is 21.5 Å². The van der Waals surface area contributed by atoms with E-state index in [0.717, 1.165) is 14.9 Å². The molecule has 0 bridgehead atoms. The molecule has 0 spiro atoms. The molecular weight excluding hydrogens is 372 g/mol. The fourth-order valence-corrected chi connectivity index (χ4v) is 4.46. The molecule has 3 heterocycles. The minimum Gasteiger partial charge on any atom is -0.316 e. The van der Waals surface area contributed by atoms with Crippen LogP contribution in [0.25, 0.3) is 11.0 Å². The quantitative estimate of drug-likeness (QED) is 0.638. The number of aromatic nitrogens is 6. The second-order valence-corrected chi connectivity index (χ2v) is 6.90. The van der Waals surface area contributed by atoms with E-state index < -0.39 is 11.1 Å². The molecule has 8 nitrogen and oxygen atoms in total. The molecule has 2 aromatic heterocycles. The van der Waals surface area contributed by atoms with Crippen LogP contribution < -0.4 is 11.1 Å². The third-order valence-corrected chi connectivity index (χ3v) is 5.18. The fraction of sp³-hybridized carbons (Fsp3) is 0.250. The molecule has 4 rings (SSSR count). The first kappa shape index (κ1) is 13.7. The van der Waals surface area contributed by atoms with Crippen LogP contribution in [0.2, 0.25) is 0 Å². The lowest BCUT2D eigenvalue weighted by Gasteiger charge is -2.26. The smallest absolute Gasteiger partial charge is 0.316 e. The Morgan fingerprint density at radius 3 is 3.05 bits per heavy atom. The van der Waals surface area contributed by atoms with Gasteiger partial charge in [-0.2, -0.15) is 5.21 Å². The van der Waals surface area contributed by atoms with Gasteiger partial charge in [0.25, 0.3) is 0 Å². The maximum absolute atomic E-state index is 12.4. The molecule has 0 saturated carbocycles. The maximum atomic E-state index is 12.4. The van der Waals surface area contributed by atoms with Crippen molar-refractivity contribution in [2.24, 2.45) is 0 Å². The Morgan fingerprint density at radius 1 is 1.41 bits per heavy atom. The monoisotopic (exact) mass is 380 g/mol. The van der Waals surface area contributed by atoms with E-state index in [-0.39, 0.29) is 6.04 Å². The number of hydrogen-bond acceptors (Lipinski definition) is 6. The van der Waals surface area contributed by atoms with E-state index in [9.17, 15) is 9.59 Å². The van der Waals surface area contributed by atoms with E-state index in [4.69, 9.17) is 0 Å². The molecule has 1 aliphatic rings. The molecule has 0 amide bonds. The number of halogens is 1. The van der Waals surface area contributed by atoms with E-state index in [2.05, 4.69) is 41.5 Å². The highest BCUT2D eigenvalue weighted by Crippen LogP contribution is 2.37. The molecule has 0 radical (unpaired) electrons. The standard InChI is InChI=1S/C12H9BrN6O2S/c13-5-1-7-10-8(2-5)22-4-6(3-9-15-17-18-16-9)19(10)12(21)11(20)14-7/h1-2,6H,3-4H2,(H,14,20)(H,15,16,17,18). The van der Waals surface area contributed by atoms with E-state index >= 15 is 0 Å². The van der Waals surface area contributed by atoms with E-state index in [1.807, 2.05) is 6.07 Å². The van der Waals surface area contributed by atoms with Gasteiger partial charge in [0.1, 0.15) is 0 Å². The summed E-state index contributed by atoms with van der Waals surface area (Å²) in [6.45, 7) is 0. The number of nitrogens with one attached hydrogen (secondary N) is 2. The van der Waals surface area contributed by atoms with Gasteiger partial charge in [0.05, 0.1) is 17.1 Å². The first-order valence-electron chi connectivity index (χ1n) is 6.46. The predicted molar refractivity (Wildman–Crippen MR) is 84.2 cm³/mol. The van der Waals surface area contributed by atoms with Crippen molar-refractivity contribution in [2.75, 3.05) is 5.75 Å². The van der Waals surface area contributed by atoms with Gasteiger partial charge in [0.2, 0.25) is 0 Å². The minimum absolute atomic E-state index is 0.187. The summed E-state index contributed by atoms with van der Waals surface area (Å²) < 4.78 is 2.42. The summed E-state index contributed by atoms with van der Waals surface area (Å²) in [5, 5.41) is 13.8. The van der Waals surface area contributed by atoms with Gasteiger partial charge in [0.15, 0.2) is 5.82 Å². The number of H-pyrrole nitrogens is 2. The van der Waals surface area contributed by atoms with Crippen LogP contribution in [0, 0.1) is 0 Å². The van der Waals surface area contributed by atoms with Crippen LogP contribution in [-0.2, 0) is 6.42 Å². The summed E-state index contributed by atoms with van der Waals surface area (Å²) in [7, 11) is 0. The molecule has 0 aliphatic carbocycles. The van der Waals surface area contributed by atoms with Crippen LogP contribution in [0.15, 0.2) is 31.1 Å². The summed E-state index contributed by atoms with van der Waals surface area (Å²) in [6.07, 6.45) is 0.442. The molecule has 0 fully saturated rings. The lowest BCUT2D eigenvalue weighted by atomic mass is 10.2. The Kier molecular flexibility index (Phi) is 3.15. The topological polar surface area (TPSA) is 109 Å². The van der Waals surface area contributed by atoms with Crippen LogP contribution in [0.5, 0.6) is 0 Å².